The zero-order chi connectivity index (χ0) is 19.0. The predicted octanol–water partition coefficient (Wildman–Crippen LogP) is 1.44. The highest BCUT2D eigenvalue weighted by molar-refractivity contribution is 7.90. The third-order valence-corrected chi connectivity index (χ3v) is 4.42. The van der Waals surface area contributed by atoms with Crippen LogP contribution in [0.4, 0.5) is 0 Å². The van der Waals surface area contributed by atoms with Crippen molar-refractivity contribution in [2.24, 2.45) is 0 Å². The molecule has 0 atom stereocenters. The van der Waals surface area contributed by atoms with Gasteiger partial charge in [0, 0.05) is 6.26 Å². The highest BCUT2D eigenvalue weighted by Gasteiger charge is 2.12. The molecule has 0 spiro atoms. The lowest BCUT2D eigenvalue weighted by molar-refractivity contribution is -0.124. The monoisotopic (exact) mass is 377 g/mol. The van der Waals surface area contributed by atoms with Crippen molar-refractivity contribution in [3.05, 3.63) is 60.2 Å². The van der Waals surface area contributed by atoms with Crippen molar-refractivity contribution in [3.8, 4) is 5.75 Å². The Morgan fingerprint density at radius 3 is 2.27 bits per heavy atom. The van der Waals surface area contributed by atoms with Crippen molar-refractivity contribution in [1.82, 2.24) is 5.32 Å². The van der Waals surface area contributed by atoms with E-state index < -0.39 is 28.3 Å². The minimum Gasteiger partial charge on any atom is -0.492 e. The van der Waals surface area contributed by atoms with Gasteiger partial charge in [0.1, 0.15) is 12.4 Å². The Hall–Kier alpha value is -2.87. The van der Waals surface area contributed by atoms with Gasteiger partial charge in [-0.15, -0.1) is 0 Å². The topological polar surface area (TPSA) is 98.8 Å². The van der Waals surface area contributed by atoms with Crippen LogP contribution in [0.3, 0.4) is 0 Å². The molecule has 0 radical (unpaired) electrons. The minimum absolute atomic E-state index is 0.102. The Labute approximate surface area is 151 Å². The maximum atomic E-state index is 11.8. The van der Waals surface area contributed by atoms with Crippen molar-refractivity contribution >= 4 is 21.7 Å². The number of esters is 1. The molecule has 0 bridgehead atoms. The van der Waals surface area contributed by atoms with Crippen LogP contribution in [0.1, 0.15) is 10.4 Å². The van der Waals surface area contributed by atoms with Crippen LogP contribution in [0.15, 0.2) is 59.5 Å². The maximum absolute atomic E-state index is 11.8. The van der Waals surface area contributed by atoms with Crippen LogP contribution in [0.5, 0.6) is 5.75 Å². The third kappa shape index (κ3) is 6.21. The molecule has 0 heterocycles. The molecule has 138 valence electrons. The highest BCUT2D eigenvalue weighted by atomic mass is 32.2. The second kappa shape index (κ2) is 9.00. The average Bonchev–Trinajstić information content (AvgIpc) is 2.63. The summed E-state index contributed by atoms with van der Waals surface area (Å²) in [7, 11) is -3.33. The molecule has 0 aliphatic heterocycles. The molecule has 0 unspecified atom stereocenters. The molecular weight excluding hydrogens is 358 g/mol. The van der Waals surface area contributed by atoms with E-state index in [0.29, 0.717) is 5.75 Å². The number of carbonyl (C=O) groups excluding carboxylic acids is 2. The summed E-state index contributed by atoms with van der Waals surface area (Å²) < 4.78 is 33.0. The summed E-state index contributed by atoms with van der Waals surface area (Å²) in [5, 5.41) is 2.57. The Morgan fingerprint density at radius 1 is 1.00 bits per heavy atom. The van der Waals surface area contributed by atoms with E-state index in [1.807, 2.05) is 18.2 Å². The number of para-hydroxylation sites is 1. The first-order valence-corrected chi connectivity index (χ1v) is 9.67. The molecule has 0 aliphatic carbocycles. The normalized spacial score (nSPS) is 10.8. The molecule has 2 rings (SSSR count). The first-order valence-electron chi connectivity index (χ1n) is 7.78. The zero-order valence-corrected chi connectivity index (χ0v) is 15.0. The van der Waals surface area contributed by atoms with E-state index in [1.165, 1.54) is 24.3 Å². The largest absolute Gasteiger partial charge is 0.492 e. The van der Waals surface area contributed by atoms with Crippen LogP contribution in [0, 0.1) is 0 Å². The summed E-state index contributed by atoms with van der Waals surface area (Å²) in [4.78, 5) is 23.6. The summed E-state index contributed by atoms with van der Waals surface area (Å²) in [6, 6.07) is 14.5. The Bertz CT molecular complexity index is 847. The molecule has 0 aliphatic rings. The summed E-state index contributed by atoms with van der Waals surface area (Å²) in [6.07, 6.45) is 1.08. The van der Waals surface area contributed by atoms with Crippen molar-refractivity contribution in [1.29, 1.82) is 0 Å². The second-order valence-corrected chi connectivity index (χ2v) is 7.40. The summed E-state index contributed by atoms with van der Waals surface area (Å²) in [5.41, 5.74) is 0.164. The SMILES string of the molecule is CS(=O)(=O)c1ccc(C(=O)OCC(=O)NCCOc2ccccc2)cc1. The number of sulfone groups is 1. The van der Waals surface area contributed by atoms with Crippen LogP contribution in [0.2, 0.25) is 0 Å². The second-order valence-electron chi connectivity index (χ2n) is 5.38. The Morgan fingerprint density at radius 2 is 1.65 bits per heavy atom. The van der Waals surface area contributed by atoms with E-state index in [2.05, 4.69) is 5.32 Å². The van der Waals surface area contributed by atoms with Crippen LogP contribution in [-0.4, -0.2) is 46.3 Å². The highest BCUT2D eigenvalue weighted by Crippen LogP contribution is 2.11. The van der Waals surface area contributed by atoms with Gasteiger partial charge in [-0.25, -0.2) is 13.2 Å². The number of hydrogen-bond acceptors (Lipinski definition) is 6. The molecule has 1 amide bonds. The van der Waals surface area contributed by atoms with Crippen LogP contribution in [0.25, 0.3) is 0 Å². The molecule has 7 nitrogen and oxygen atoms in total. The van der Waals surface area contributed by atoms with Crippen molar-refractivity contribution < 1.29 is 27.5 Å². The van der Waals surface area contributed by atoms with Crippen LogP contribution >= 0.6 is 0 Å². The Balaban J connectivity index is 1.70. The zero-order valence-electron chi connectivity index (χ0n) is 14.2. The standard InChI is InChI=1S/C18H19NO6S/c1-26(22,23)16-9-7-14(8-10-16)18(21)25-13-17(20)19-11-12-24-15-5-3-2-4-6-15/h2-10H,11-13H2,1H3,(H,19,20). The molecule has 0 saturated carbocycles. The van der Waals surface area contributed by atoms with Gasteiger partial charge in [-0.3, -0.25) is 4.79 Å². The van der Waals surface area contributed by atoms with Gasteiger partial charge in [0.2, 0.25) is 0 Å². The smallest absolute Gasteiger partial charge is 0.338 e. The minimum atomic E-state index is -3.33. The van der Waals surface area contributed by atoms with Gasteiger partial charge in [-0.2, -0.15) is 0 Å². The average molecular weight is 377 g/mol. The predicted molar refractivity (Wildman–Crippen MR) is 94.8 cm³/mol. The van der Waals surface area contributed by atoms with E-state index in [1.54, 1.807) is 12.1 Å². The molecule has 26 heavy (non-hydrogen) atoms. The van der Waals surface area contributed by atoms with Gasteiger partial charge >= 0.3 is 5.97 Å². The lowest BCUT2D eigenvalue weighted by Crippen LogP contribution is -2.32. The van der Waals surface area contributed by atoms with Crippen molar-refractivity contribution in [2.75, 3.05) is 26.0 Å². The number of carbonyl (C=O) groups is 2. The number of benzene rings is 2. The maximum Gasteiger partial charge on any atom is 0.338 e. The molecule has 0 aromatic heterocycles. The van der Waals surface area contributed by atoms with Gasteiger partial charge in [0.05, 0.1) is 17.0 Å². The van der Waals surface area contributed by atoms with Gasteiger partial charge in [0.15, 0.2) is 16.4 Å². The van der Waals surface area contributed by atoms with Crippen LogP contribution in [-0.2, 0) is 19.4 Å². The van der Waals surface area contributed by atoms with E-state index in [9.17, 15) is 18.0 Å². The first-order chi connectivity index (χ1) is 12.4. The number of ether oxygens (including phenoxy) is 2. The van der Waals surface area contributed by atoms with E-state index in [0.717, 1.165) is 6.26 Å². The molecule has 8 heteroatoms. The van der Waals surface area contributed by atoms with E-state index in [-0.39, 0.29) is 23.6 Å². The lowest BCUT2D eigenvalue weighted by Gasteiger charge is -2.08. The fraction of sp³-hybridized carbons (Fsp3) is 0.222. The lowest BCUT2D eigenvalue weighted by atomic mass is 10.2. The molecular formula is C18H19NO6S. The van der Waals surface area contributed by atoms with Gasteiger partial charge < -0.3 is 14.8 Å². The summed E-state index contributed by atoms with van der Waals surface area (Å²) in [5.74, 6) is -0.464. The fourth-order valence-corrected chi connectivity index (χ4v) is 2.61. The number of hydrogen-bond donors (Lipinski definition) is 1. The van der Waals surface area contributed by atoms with E-state index >= 15 is 0 Å². The fourth-order valence-electron chi connectivity index (χ4n) is 1.98. The quantitative estimate of drug-likeness (QED) is 0.552. The number of amides is 1. The number of rotatable bonds is 8. The van der Waals surface area contributed by atoms with Crippen molar-refractivity contribution in [3.63, 3.8) is 0 Å². The first kappa shape index (κ1) is 19.5. The Kier molecular flexibility index (Phi) is 6.74. The van der Waals surface area contributed by atoms with Gasteiger partial charge in [0.25, 0.3) is 5.91 Å². The molecule has 2 aromatic rings. The van der Waals surface area contributed by atoms with E-state index in [4.69, 9.17) is 9.47 Å². The third-order valence-electron chi connectivity index (χ3n) is 3.29. The van der Waals surface area contributed by atoms with Crippen LogP contribution < -0.4 is 10.1 Å². The molecule has 1 N–H and O–H groups in total. The number of nitrogens with one attached hydrogen (secondary N) is 1. The molecule has 2 aromatic carbocycles. The summed E-state index contributed by atoms with van der Waals surface area (Å²) in [6.45, 7) is 0.128. The van der Waals surface area contributed by atoms with Gasteiger partial charge in [-0.05, 0) is 36.4 Å². The summed E-state index contributed by atoms with van der Waals surface area (Å²) >= 11 is 0. The molecule has 0 saturated heterocycles. The van der Waals surface area contributed by atoms with Gasteiger partial charge in [-0.1, -0.05) is 18.2 Å². The van der Waals surface area contributed by atoms with Crippen molar-refractivity contribution in [2.45, 2.75) is 4.90 Å². The molecule has 0 fully saturated rings.